The third-order valence-corrected chi connectivity index (χ3v) is 5.27. The van der Waals surface area contributed by atoms with Crippen molar-refractivity contribution in [2.75, 3.05) is 18.5 Å². The van der Waals surface area contributed by atoms with Gasteiger partial charge in [0, 0.05) is 19.1 Å². The predicted molar refractivity (Wildman–Crippen MR) is 93.9 cm³/mol. The summed E-state index contributed by atoms with van der Waals surface area (Å²) in [6.07, 6.45) is 3.83. The maximum absolute atomic E-state index is 5.58. The van der Waals surface area contributed by atoms with E-state index in [4.69, 9.17) is 9.26 Å². The summed E-state index contributed by atoms with van der Waals surface area (Å²) in [4.78, 5) is 9.95. The number of hydrogen-bond donors (Lipinski definition) is 1. The fraction of sp³-hybridized carbons (Fsp3) is 0.625. The summed E-state index contributed by atoms with van der Waals surface area (Å²) in [5.74, 6) is 1.96. The van der Waals surface area contributed by atoms with Crippen molar-refractivity contribution in [2.24, 2.45) is 5.92 Å². The van der Waals surface area contributed by atoms with Crippen LogP contribution in [0.3, 0.4) is 0 Å². The van der Waals surface area contributed by atoms with Crippen LogP contribution in [0.25, 0.3) is 4.96 Å². The van der Waals surface area contributed by atoms with Crippen LogP contribution >= 0.6 is 11.3 Å². The number of imidazole rings is 1. The minimum Gasteiger partial charge on any atom is -0.381 e. The lowest BCUT2D eigenvalue weighted by Gasteiger charge is -2.28. The lowest BCUT2D eigenvalue weighted by molar-refractivity contribution is 0.0571. The van der Waals surface area contributed by atoms with Crippen LogP contribution in [0.1, 0.15) is 56.1 Å². The van der Waals surface area contributed by atoms with Crippen molar-refractivity contribution in [3.8, 4) is 0 Å². The van der Waals surface area contributed by atoms with E-state index in [2.05, 4.69) is 39.4 Å². The minimum atomic E-state index is -0.0687. The van der Waals surface area contributed by atoms with Gasteiger partial charge in [-0.05, 0) is 25.7 Å². The maximum atomic E-state index is 5.58. The number of nitrogens with zero attached hydrogens (tertiary/aromatic N) is 5. The number of anilines is 1. The molecule has 3 aromatic rings. The van der Waals surface area contributed by atoms with Gasteiger partial charge < -0.3 is 14.6 Å². The number of hydrogen-bond acceptors (Lipinski definition) is 8. The second-order valence-electron chi connectivity index (χ2n) is 6.73. The van der Waals surface area contributed by atoms with Gasteiger partial charge in [-0.15, -0.1) is 5.10 Å². The Labute approximate surface area is 149 Å². The molecule has 25 heavy (non-hydrogen) atoms. The summed E-state index contributed by atoms with van der Waals surface area (Å²) < 4.78 is 12.9. The smallest absolute Gasteiger partial charge is 0.249 e. The molecule has 1 aliphatic rings. The normalized spacial score (nSPS) is 17.4. The molecule has 1 fully saturated rings. The van der Waals surface area contributed by atoms with Crippen LogP contribution in [0.4, 0.5) is 5.13 Å². The van der Waals surface area contributed by atoms with Gasteiger partial charge in [-0.25, -0.2) is 9.50 Å². The molecule has 134 valence electrons. The Balaban J connectivity index is 1.62. The molecule has 0 amide bonds. The van der Waals surface area contributed by atoms with Crippen molar-refractivity contribution in [1.82, 2.24) is 24.7 Å². The van der Waals surface area contributed by atoms with Gasteiger partial charge >= 0.3 is 0 Å². The zero-order valence-corrected chi connectivity index (χ0v) is 15.4. The van der Waals surface area contributed by atoms with Gasteiger partial charge in [-0.2, -0.15) is 4.98 Å². The summed E-state index contributed by atoms with van der Waals surface area (Å²) in [6.45, 7) is 7.60. The van der Waals surface area contributed by atoms with Crippen LogP contribution in [0.15, 0.2) is 10.7 Å². The first-order valence-electron chi connectivity index (χ1n) is 8.60. The van der Waals surface area contributed by atoms with Gasteiger partial charge in [0.05, 0.1) is 11.9 Å². The van der Waals surface area contributed by atoms with Crippen molar-refractivity contribution in [3.63, 3.8) is 0 Å². The SMILES string of the molecule is Cc1cn2nc(N[C@H](c3nc(C(C)C)no3)C3CCOCC3)sc2n1. The van der Waals surface area contributed by atoms with Gasteiger partial charge in [-0.3, -0.25) is 0 Å². The molecule has 0 saturated carbocycles. The summed E-state index contributed by atoms with van der Waals surface area (Å²) in [5.41, 5.74) is 0.963. The molecular weight excluding hydrogens is 340 g/mol. The van der Waals surface area contributed by atoms with Gasteiger partial charge in [0.2, 0.25) is 16.0 Å². The second kappa shape index (κ2) is 6.72. The van der Waals surface area contributed by atoms with E-state index in [-0.39, 0.29) is 12.0 Å². The molecule has 9 heteroatoms. The van der Waals surface area contributed by atoms with E-state index in [0.29, 0.717) is 11.8 Å². The average molecular weight is 362 g/mol. The standard InChI is InChI=1S/C16H22N6O2S/c1-9(2)13-19-14(24-21-13)12(11-4-6-23-7-5-11)18-15-20-22-8-10(3)17-16(22)25-15/h8-9,11-12H,4-7H2,1-3H3,(H,18,20)/t12-/m0/s1. The summed E-state index contributed by atoms with van der Waals surface area (Å²) in [6, 6.07) is -0.0687. The molecule has 4 heterocycles. The molecule has 0 aliphatic carbocycles. The molecule has 0 bridgehead atoms. The molecule has 0 unspecified atom stereocenters. The van der Waals surface area contributed by atoms with Crippen LogP contribution in [0, 0.1) is 12.8 Å². The van der Waals surface area contributed by atoms with Crippen LogP contribution in [0.5, 0.6) is 0 Å². The van der Waals surface area contributed by atoms with Crippen molar-refractivity contribution < 1.29 is 9.26 Å². The molecular formula is C16H22N6O2S. The zero-order valence-electron chi connectivity index (χ0n) is 14.6. The molecule has 0 radical (unpaired) electrons. The van der Waals surface area contributed by atoms with Gasteiger partial charge in [0.1, 0.15) is 6.04 Å². The summed E-state index contributed by atoms with van der Waals surface area (Å²) in [5, 5.41) is 13.0. The Morgan fingerprint density at radius 1 is 1.28 bits per heavy atom. The first-order chi connectivity index (χ1) is 12.1. The van der Waals surface area contributed by atoms with E-state index in [1.165, 1.54) is 11.3 Å². The highest BCUT2D eigenvalue weighted by Crippen LogP contribution is 2.34. The van der Waals surface area contributed by atoms with Crippen molar-refractivity contribution in [3.05, 3.63) is 23.6 Å². The van der Waals surface area contributed by atoms with Crippen LogP contribution in [-0.4, -0.2) is 38.0 Å². The third kappa shape index (κ3) is 3.38. The van der Waals surface area contributed by atoms with Gasteiger partial charge in [0.25, 0.3) is 0 Å². The fourth-order valence-electron chi connectivity index (χ4n) is 3.04. The van der Waals surface area contributed by atoms with Crippen LogP contribution in [0.2, 0.25) is 0 Å². The number of nitrogens with one attached hydrogen (secondary N) is 1. The van der Waals surface area contributed by atoms with Crippen molar-refractivity contribution in [1.29, 1.82) is 0 Å². The predicted octanol–water partition coefficient (Wildman–Crippen LogP) is 3.19. The number of fused-ring (bicyclic) bond motifs is 1. The molecule has 1 atom stereocenters. The maximum Gasteiger partial charge on any atom is 0.249 e. The largest absolute Gasteiger partial charge is 0.381 e. The van der Waals surface area contributed by atoms with E-state index >= 15 is 0 Å². The topological polar surface area (TPSA) is 90.4 Å². The lowest BCUT2D eigenvalue weighted by Crippen LogP contribution is -2.27. The number of rotatable bonds is 5. The van der Waals surface area contributed by atoms with Gasteiger partial charge in [-0.1, -0.05) is 30.3 Å². The molecule has 1 N–H and O–H groups in total. The highest BCUT2D eigenvalue weighted by atomic mass is 32.1. The number of aryl methyl sites for hydroxylation is 1. The first-order valence-corrected chi connectivity index (χ1v) is 9.42. The third-order valence-electron chi connectivity index (χ3n) is 4.42. The highest BCUT2D eigenvalue weighted by molar-refractivity contribution is 7.20. The van der Waals surface area contributed by atoms with Crippen LogP contribution < -0.4 is 5.32 Å². The summed E-state index contributed by atoms with van der Waals surface area (Å²) >= 11 is 1.53. The second-order valence-corrected chi connectivity index (χ2v) is 7.69. The number of ether oxygens (including phenoxy) is 1. The Bertz CT molecular complexity index is 816. The number of aromatic nitrogens is 5. The van der Waals surface area contributed by atoms with Gasteiger partial charge in [0.15, 0.2) is 5.82 Å². The molecule has 8 nitrogen and oxygen atoms in total. The lowest BCUT2D eigenvalue weighted by atomic mass is 9.91. The Hall–Kier alpha value is -2.00. The van der Waals surface area contributed by atoms with E-state index in [0.717, 1.165) is 47.7 Å². The minimum absolute atomic E-state index is 0.0687. The Kier molecular flexibility index (Phi) is 4.43. The average Bonchev–Trinajstić information content (AvgIpc) is 3.27. The first kappa shape index (κ1) is 16.5. The fourth-order valence-corrected chi connectivity index (χ4v) is 3.90. The van der Waals surface area contributed by atoms with E-state index in [1.807, 2.05) is 13.1 Å². The highest BCUT2D eigenvalue weighted by Gasteiger charge is 2.31. The molecule has 1 aliphatic heterocycles. The van der Waals surface area contributed by atoms with E-state index in [1.54, 1.807) is 4.52 Å². The molecule has 0 aromatic carbocycles. The molecule has 1 saturated heterocycles. The van der Waals surface area contributed by atoms with E-state index in [9.17, 15) is 0 Å². The Morgan fingerprint density at radius 3 is 2.76 bits per heavy atom. The Morgan fingerprint density at radius 2 is 2.08 bits per heavy atom. The molecule has 3 aromatic heterocycles. The quantitative estimate of drug-likeness (QED) is 0.745. The molecule has 0 spiro atoms. The zero-order chi connectivity index (χ0) is 17.4. The summed E-state index contributed by atoms with van der Waals surface area (Å²) in [7, 11) is 0. The molecule has 4 rings (SSSR count). The van der Waals surface area contributed by atoms with E-state index < -0.39 is 0 Å². The van der Waals surface area contributed by atoms with Crippen molar-refractivity contribution >= 4 is 21.4 Å². The van der Waals surface area contributed by atoms with Crippen LogP contribution in [-0.2, 0) is 4.74 Å². The van der Waals surface area contributed by atoms with Crippen molar-refractivity contribution in [2.45, 2.75) is 45.6 Å². The monoisotopic (exact) mass is 362 g/mol.